The number of phosphoric acid groups is 2. The minimum Gasteiger partial charge on any atom is -0.463 e. The molecule has 0 aliphatic carbocycles. The van der Waals surface area contributed by atoms with E-state index < -0.39 is 91.5 Å². The minimum absolute atomic E-state index is 0.0558. The number of hydrogen-bond donors (Lipinski definition) is 4. The Morgan fingerprint density at radius 1 is 0.315 bits per heavy atom. The van der Waals surface area contributed by atoms with Gasteiger partial charge in [0.1, 0.15) is 25.4 Å². The summed E-state index contributed by atoms with van der Waals surface area (Å²) < 4.78 is 60.7. The molecule has 0 aliphatic heterocycles. The minimum atomic E-state index is -4.95. The van der Waals surface area contributed by atoms with Crippen molar-refractivity contribution >= 4 is 33.6 Å². The van der Waals surface area contributed by atoms with E-state index in [2.05, 4.69) is 179 Å². The third-order valence-electron chi connectivity index (χ3n) is 12.4. The summed E-state index contributed by atoms with van der Waals surface area (Å²) >= 11 is 0. The number of carbonyl (C=O) groups excluding carboxylic acids is 3. The summed E-state index contributed by atoms with van der Waals surface area (Å²) in [5.74, 6) is -1.72. The highest BCUT2D eigenvalue weighted by molar-refractivity contribution is 7.47. The standard InChI is InChI=1S/C71H112O16P2/c1-4-7-10-13-16-19-22-25-28-31-32-35-37-39-42-45-48-51-54-57-69(74)81-60-66(72)61-83-88(77,78)84-62-67(73)63-85-89(79,80)86-65-68(87-71(76)59-56-53-50-47-44-41-38-34-30-27-24-21-18-15-12-9-6-3)64-82-70(75)58-55-52-49-46-43-40-36-33-29-26-23-20-17-14-11-8-5-2/h7-12,16-21,25-30,32,35-36,38-42,46,49,66-68,72-73H,4-6,13-15,22-24,31,33-34,37,43-45,47-48,50-65H2,1-3H3,(H,77,78)(H,79,80)/b10-7-,11-8-,12-9-,19-16-,20-17-,21-18-,28-25-,29-26-,30-27-,35-32-,40-36-,41-38-,42-39-,49-46-. The normalized spacial score (nSPS) is 15.4. The zero-order valence-corrected chi connectivity index (χ0v) is 55.8. The van der Waals surface area contributed by atoms with Gasteiger partial charge in [-0.25, -0.2) is 9.13 Å². The van der Waals surface area contributed by atoms with Crippen molar-refractivity contribution < 1.29 is 75.8 Å². The predicted octanol–water partition coefficient (Wildman–Crippen LogP) is 17.7. The molecule has 0 rings (SSSR count). The highest BCUT2D eigenvalue weighted by Crippen LogP contribution is 2.45. The third-order valence-corrected chi connectivity index (χ3v) is 14.3. The second-order valence-corrected chi connectivity index (χ2v) is 23.7. The molecule has 0 amide bonds. The van der Waals surface area contributed by atoms with Gasteiger partial charge in [-0.1, -0.05) is 210 Å². The molecule has 4 N–H and O–H groups in total. The summed E-state index contributed by atoms with van der Waals surface area (Å²) in [6.45, 7) is 2.13. The molecule has 0 aromatic carbocycles. The SMILES string of the molecule is CC/C=C\C/C=C\C/C=C\C/C=C\C/C=C\CCCCCC(=O)OCC(O)COP(=O)(O)OCC(O)COP(=O)(O)OCC(COC(=O)CCC/C=C\C/C=C\C/C=C\C/C=C\C/C=C\CC)OC(=O)CCCCCC/C=C\C/C=C\C/C=C\C/C=C\CC. The fourth-order valence-corrected chi connectivity index (χ4v) is 9.15. The first-order valence-electron chi connectivity index (χ1n) is 32.4. The maximum atomic E-state index is 12.9. The van der Waals surface area contributed by atoms with Crippen LogP contribution >= 0.6 is 15.6 Å². The molecule has 16 nitrogen and oxygen atoms in total. The summed E-state index contributed by atoms with van der Waals surface area (Å²) in [4.78, 5) is 58.3. The lowest BCUT2D eigenvalue weighted by Gasteiger charge is -2.21. The van der Waals surface area contributed by atoms with E-state index in [1.54, 1.807) is 0 Å². The first-order chi connectivity index (χ1) is 43.2. The number of aliphatic hydroxyl groups is 2. The Hall–Kier alpha value is -5.09. The van der Waals surface area contributed by atoms with E-state index in [0.29, 0.717) is 25.7 Å². The Morgan fingerprint density at radius 2 is 0.573 bits per heavy atom. The van der Waals surface area contributed by atoms with Crippen LogP contribution in [0.4, 0.5) is 0 Å². The van der Waals surface area contributed by atoms with Crippen molar-refractivity contribution in [2.45, 2.75) is 219 Å². The van der Waals surface area contributed by atoms with Crippen LogP contribution in [0.2, 0.25) is 0 Å². The van der Waals surface area contributed by atoms with Crippen LogP contribution in [0.15, 0.2) is 170 Å². The monoisotopic (exact) mass is 1280 g/mol. The van der Waals surface area contributed by atoms with E-state index >= 15 is 0 Å². The smallest absolute Gasteiger partial charge is 0.463 e. The number of aliphatic hydroxyl groups excluding tert-OH is 2. The second-order valence-electron chi connectivity index (χ2n) is 20.8. The van der Waals surface area contributed by atoms with Crippen LogP contribution in [0.5, 0.6) is 0 Å². The maximum Gasteiger partial charge on any atom is 0.472 e. The molecule has 0 spiro atoms. The Morgan fingerprint density at radius 3 is 0.933 bits per heavy atom. The first-order valence-corrected chi connectivity index (χ1v) is 35.4. The molecule has 18 heteroatoms. The quantitative estimate of drug-likeness (QED) is 0.0146. The second kappa shape index (κ2) is 63.1. The largest absolute Gasteiger partial charge is 0.472 e. The van der Waals surface area contributed by atoms with Crippen molar-refractivity contribution in [3.8, 4) is 0 Å². The van der Waals surface area contributed by atoms with Gasteiger partial charge in [0.05, 0.1) is 26.4 Å². The van der Waals surface area contributed by atoms with Crippen LogP contribution in [0.3, 0.4) is 0 Å². The van der Waals surface area contributed by atoms with Crippen LogP contribution in [-0.2, 0) is 55.8 Å². The lowest BCUT2D eigenvalue weighted by atomic mass is 10.1. The molecule has 5 unspecified atom stereocenters. The molecule has 0 aromatic heterocycles. The number of hydrogen-bond acceptors (Lipinski definition) is 14. The molecular weight excluding hydrogens is 1170 g/mol. The maximum absolute atomic E-state index is 12.9. The number of allylic oxidation sites excluding steroid dienone is 28. The molecule has 0 aliphatic rings. The zero-order chi connectivity index (χ0) is 65.3. The van der Waals surface area contributed by atoms with Crippen LogP contribution < -0.4 is 0 Å². The molecule has 0 radical (unpaired) electrons. The molecule has 0 aromatic rings. The molecule has 0 fully saturated rings. The highest BCUT2D eigenvalue weighted by Gasteiger charge is 2.29. The average Bonchev–Trinajstić information content (AvgIpc) is 3.54. The number of ether oxygens (including phenoxy) is 3. The fourth-order valence-electron chi connectivity index (χ4n) is 7.56. The molecule has 0 saturated carbocycles. The van der Waals surface area contributed by atoms with E-state index in [4.69, 9.17) is 32.3 Å². The Kier molecular flexibility index (Phi) is 59.5. The summed E-state index contributed by atoms with van der Waals surface area (Å²) in [5, 5.41) is 20.5. The average molecular weight is 1280 g/mol. The highest BCUT2D eigenvalue weighted by atomic mass is 31.2. The molecular formula is C71H112O16P2. The number of phosphoric ester groups is 2. The molecule has 5 atom stereocenters. The van der Waals surface area contributed by atoms with Gasteiger partial charge in [0.15, 0.2) is 6.10 Å². The van der Waals surface area contributed by atoms with Gasteiger partial charge in [0.25, 0.3) is 0 Å². The Balaban J connectivity index is 4.84. The van der Waals surface area contributed by atoms with Gasteiger partial charge in [-0.2, -0.15) is 0 Å². The summed E-state index contributed by atoms with van der Waals surface area (Å²) in [6, 6.07) is 0. The van der Waals surface area contributed by atoms with E-state index in [9.17, 15) is 43.5 Å². The van der Waals surface area contributed by atoms with Crippen LogP contribution in [-0.4, -0.2) is 95.9 Å². The topological polar surface area (TPSA) is 231 Å². The number of carbonyl (C=O) groups is 3. The van der Waals surface area contributed by atoms with Crippen LogP contribution in [0.1, 0.15) is 201 Å². The molecule has 0 saturated heterocycles. The van der Waals surface area contributed by atoms with Gasteiger partial charge >= 0.3 is 33.6 Å². The van der Waals surface area contributed by atoms with Gasteiger partial charge in [-0.05, 0) is 141 Å². The first kappa shape index (κ1) is 83.9. The fraction of sp³-hybridized carbons (Fsp3) is 0.563. The lowest BCUT2D eigenvalue weighted by molar-refractivity contribution is -0.161. The summed E-state index contributed by atoms with van der Waals surface area (Å²) in [7, 11) is -9.82. The summed E-state index contributed by atoms with van der Waals surface area (Å²) in [5.41, 5.74) is 0. The van der Waals surface area contributed by atoms with Gasteiger partial charge in [-0.15, -0.1) is 0 Å². The van der Waals surface area contributed by atoms with Crippen LogP contribution in [0, 0.1) is 0 Å². The molecule has 89 heavy (non-hydrogen) atoms. The summed E-state index contributed by atoms with van der Waals surface area (Å²) in [6.07, 6.45) is 77.0. The van der Waals surface area contributed by atoms with Gasteiger partial charge in [-0.3, -0.25) is 32.5 Å². The van der Waals surface area contributed by atoms with Crippen molar-refractivity contribution in [1.82, 2.24) is 0 Å². The van der Waals surface area contributed by atoms with Crippen LogP contribution in [0.25, 0.3) is 0 Å². The van der Waals surface area contributed by atoms with Gasteiger partial charge in [0, 0.05) is 19.3 Å². The van der Waals surface area contributed by atoms with Crippen molar-refractivity contribution in [3.05, 3.63) is 170 Å². The Labute approximate surface area is 535 Å². The van der Waals surface area contributed by atoms with Crippen molar-refractivity contribution in [3.63, 3.8) is 0 Å². The van der Waals surface area contributed by atoms with E-state index in [-0.39, 0.29) is 19.3 Å². The number of rotatable bonds is 59. The van der Waals surface area contributed by atoms with E-state index in [1.807, 2.05) is 12.2 Å². The number of unbranched alkanes of at least 4 members (excludes halogenated alkanes) is 8. The molecule has 502 valence electrons. The Bertz CT molecular complexity index is 2300. The van der Waals surface area contributed by atoms with Crippen molar-refractivity contribution in [1.29, 1.82) is 0 Å². The van der Waals surface area contributed by atoms with E-state index in [1.165, 1.54) is 0 Å². The van der Waals surface area contributed by atoms with Crippen molar-refractivity contribution in [2.75, 3.05) is 39.6 Å². The predicted molar refractivity (Wildman–Crippen MR) is 362 cm³/mol. The third kappa shape index (κ3) is 64.3. The molecule has 0 bridgehead atoms. The lowest BCUT2D eigenvalue weighted by Crippen LogP contribution is -2.30. The van der Waals surface area contributed by atoms with E-state index in [0.717, 1.165) is 135 Å². The van der Waals surface area contributed by atoms with Gasteiger partial charge in [0.2, 0.25) is 0 Å². The van der Waals surface area contributed by atoms with Gasteiger partial charge < -0.3 is 34.2 Å². The molecule has 0 heterocycles. The van der Waals surface area contributed by atoms with Crippen molar-refractivity contribution in [2.24, 2.45) is 0 Å². The zero-order valence-electron chi connectivity index (χ0n) is 54.0. The number of esters is 3.